The van der Waals surface area contributed by atoms with Crippen LogP contribution in [0.4, 0.5) is 5.95 Å². The van der Waals surface area contributed by atoms with Crippen molar-refractivity contribution in [2.24, 2.45) is 11.3 Å². The summed E-state index contributed by atoms with van der Waals surface area (Å²) < 4.78 is 0. The summed E-state index contributed by atoms with van der Waals surface area (Å²) in [6.45, 7) is 7.28. The van der Waals surface area contributed by atoms with Crippen LogP contribution >= 0.6 is 23.2 Å². The van der Waals surface area contributed by atoms with Crippen LogP contribution in [-0.4, -0.2) is 43.4 Å². The Morgan fingerprint density at radius 1 is 1.05 bits per heavy atom. The molecule has 0 radical (unpaired) electrons. The van der Waals surface area contributed by atoms with Crippen LogP contribution < -0.4 is 5.32 Å². The minimum Gasteiger partial charge on any atom is -0.332 e. The van der Waals surface area contributed by atoms with E-state index in [-0.39, 0.29) is 29.2 Å². The molecule has 38 heavy (non-hydrogen) atoms. The Hall–Kier alpha value is -3.23. The third-order valence-electron chi connectivity index (χ3n) is 7.18. The summed E-state index contributed by atoms with van der Waals surface area (Å²) in [4.78, 5) is 27.9. The smallest absolute Gasteiger partial charge is 0.270 e. The van der Waals surface area contributed by atoms with Gasteiger partial charge in [-0.1, -0.05) is 67.3 Å². The number of carbonyl (C=O) groups excluding carboxylic acids is 2. The summed E-state index contributed by atoms with van der Waals surface area (Å²) in [5.74, 6) is 0.294. The minimum atomic E-state index is -0.342. The molecule has 3 aromatic rings. The van der Waals surface area contributed by atoms with E-state index in [2.05, 4.69) is 46.7 Å². The second-order valence-corrected chi connectivity index (χ2v) is 11.5. The Kier molecular flexibility index (Phi) is 8.84. The van der Waals surface area contributed by atoms with Crippen LogP contribution in [0, 0.1) is 11.3 Å². The predicted molar refractivity (Wildman–Crippen MR) is 150 cm³/mol. The molecule has 0 unspecified atom stereocenters. The Labute approximate surface area is 232 Å². The molecule has 0 aliphatic heterocycles. The fraction of sp³-hybridized carbons (Fsp3) is 0.393. The van der Waals surface area contributed by atoms with E-state index in [9.17, 15) is 9.59 Å². The van der Waals surface area contributed by atoms with Gasteiger partial charge in [0.1, 0.15) is 0 Å². The van der Waals surface area contributed by atoms with E-state index >= 15 is 0 Å². The maximum absolute atomic E-state index is 13.5. The van der Waals surface area contributed by atoms with Crippen molar-refractivity contribution >= 4 is 47.0 Å². The summed E-state index contributed by atoms with van der Waals surface area (Å²) in [7, 11) is 0. The van der Waals surface area contributed by atoms with E-state index in [1.807, 2.05) is 17.0 Å². The molecule has 2 N–H and O–H groups in total. The molecule has 8 nitrogen and oxygen atoms in total. The van der Waals surface area contributed by atoms with Crippen LogP contribution in [-0.2, 0) is 11.3 Å². The number of nitrogens with one attached hydrogen (secondary N) is 2. The first-order chi connectivity index (χ1) is 18.1. The van der Waals surface area contributed by atoms with E-state index < -0.39 is 0 Å². The Morgan fingerprint density at radius 2 is 1.71 bits per heavy atom. The summed E-state index contributed by atoms with van der Waals surface area (Å²) in [6.07, 6.45) is 7.28. The molecule has 0 saturated heterocycles. The van der Waals surface area contributed by atoms with Gasteiger partial charge in [-0.15, -0.1) is 5.10 Å². The summed E-state index contributed by atoms with van der Waals surface area (Å²) >= 11 is 12.6. The second kappa shape index (κ2) is 12.1. The van der Waals surface area contributed by atoms with Gasteiger partial charge in [0.2, 0.25) is 5.91 Å². The number of carbonyl (C=O) groups is 2. The Balaban J connectivity index is 1.51. The molecule has 1 heterocycles. The number of hydrogen-bond acceptors (Lipinski definition) is 5. The number of rotatable bonds is 7. The number of H-pyrrole nitrogens is 1. The van der Waals surface area contributed by atoms with Gasteiger partial charge in [0.05, 0.1) is 0 Å². The molecule has 0 atom stereocenters. The molecule has 1 aliphatic rings. The molecule has 2 amide bonds. The van der Waals surface area contributed by atoms with E-state index in [1.165, 1.54) is 0 Å². The number of aromatic nitrogens is 4. The molecule has 1 fully saturated rings. The third-order valence-corrected chi connectivity index (χ3v) is 7.84. The topological polar surface area (TPSA) is 104 Å². The lowest BCUT2D eigenvalue weighted by molar-refractivity contribution is -0.130. The van der Waals surface area contributed by atoms with Crippen LogP contribution in [0.2, 0.25) is 10.0 Å². The standard InChI is InChI=1S/C28H32Cl2N6O2/c1-28(2,3)20-11-13-21(14-12-20)36(25(37)16-15-22-23(29)5-4-6-24(22)30)17-18-7-9-19(10-8-18)26(38)31-27-32-34-35-33-27/h4-10,15-16,20-21H,11-14,17H2,1-3H3,(H2,31,32,33,34,35,38). The lowest BCUT2D eigenvalue weighted by atomic mass is 9.71. The van der Waals surface area contributed by atoms with Gasteiger partial charge in [0, 0.05) is 39.8 Å². The van der Waals surface area contributed by atoms with Gasteiger partial charge in [-0.3, -0.25) is 14.9 Å². The second-order valence-electron chi connectivity index (χ2n) is 10.7. The zero-order valence-corrected chi connectivity index (χ0v) is 23.3. The molecule has 2 aromatic carbocycles. The van der Waals surface area contributed by atoms with Crippen LogP contribution in [0.15, 0.2) is 48.5 Å². The van der Waals surface area contributed by atoms with Crippen molar-refractivity contribution in [3.63, 3.8) is 0 Å². The van der Waals surface area contributed by atoms with E-state index in [0.29, 0.717) is 33.6 Å². The summed E-state index contributed by atoms with van der Waals surface area (Å²) in [5.41, 5.74) is 2.25. The molecule has 1 aromatic heterocycles. The molecule has 1 saturated carbocycles. The van der Waals surface area contributed by atoms with Gasteiger partial charge >= 0.3 is 0 Å². The van der Waals surface area contributed by atoms with Gasteiger partial charge < -0.3 is 4.90 Å². The van der Waals surface area contributed by atoms with Crippen molar-refractivity contribution in [3.8, 4) is 0 Å². The van der Waals surface area contributed by atoms with Crippen molar-refractivity contribution in [2.45, 2.75) is 59.0 Å². The zero-order chi connectivity index (χ0) is 27.3. The van der Waals surface area contributed by atoms with Crippen LogP contribution in [0.1, 0.15) is 67.9 Å². The highest BCUT2D eigenvalue weighted by molar-refractivity contribution is 6.37. The number of aromatic amines is 1. The lowest BCUT2D eigenvalue weighted by Crippen LogP contribution is -2.42. The van der Waals surface area contributed by atoms with Gasteiger partial charge in [0.15, 0.2) is 0 Å². The van der Waals surface area contributed by atoms with E-state index in [1.54, 1.807) is 42.5 Å². The SMILES string of the molecule is CC(C)(C)C1CCC(N(Cc2ccc(C(=O)Nc3nn[nH]n3)cc2)C(=O)C=Cc2c(Cl)cccc2Cl)CC1. The number of hydrogen-bond donors (Lipinski definition) is 2. The first-order valence-electron chi connectivity index (χ1n) is 12.7. The number of halogens is 2. The number of amides is 2. The largest absolute Gasteiger partial charge is 0.332 e. The van der Waals surface area contributed by atoms with Gasteiger partial charge in [-0.25, -0.2) is 0 Å². The predicted octanol–water partition coefficient (Wildman–Crippen LogP) is 6.41. The van der Waals surface area contributed by atoms with Crippen molar-refractivity contribution in [3.05, 3.63) is 75.3 Å². The maximum atomic E-state index is 13.5. The van der Waals surface area contributed by atoms with E-state index in [4.69, 9.17) is 23.2 Å². The zero-order valence-electron chi connectivity index (χ0n) is 21.7. The molecule has 10 heteroatoms. The average Bonchev–Trinajstić information content (AvgIpc) is 3.40. The highest BCUT2D eigenvalue weighted by atomic mass is 35.5. The lowest BCUT2D eigenvalue weighted by Gasteiger charge is -2.41. The fourth-order valence-corrected chi connectivity index (χ4v) is 5.43. The molecular weight excluding hydrogens is 523 g/mol. The fourth-order valence-electron chi connectivity index (χ4n) is 4.91. The van der Waals surface area contributed by atoms with Crippen molar-refractivity contribution < 1.29 is 9.59 Å². The first-order valence-corrected chi connectivity index (χ1v) is 13.4. The number of benzene rings is 2. The Morgan fingerprint density at radius 3 is 2.29 bits per heavy atom. The van der Waals surface area contributed by atoms with Crippen molar-refractivity contribution in [1.29, 1.82) is 0 Å². The summed E-state index contributed by atoms with van der Waals surface area (Å²) in [6, 6.07) is 12.6. The monoisotopic (exact) mass is 554 g/mol. The third kappa shape index (κ3) is 6.99. The molecule has 4 rings (SSSR count). The molecule has 0 spiro atoms. The minimum absolute atomic E-state index is 0.0980. The van der Waals surface area contributed by atoms with Crippen molar-refractivity contribution in [1.82, 2.24) is 25.5 Å². The first kappa shape index (κ1) is 27.8. The normalized spacial score (nSPS) is 17.9. The highest BCUT2D eigenvalue weighted by Gasteiger charge is 2.33. The van der Waals surface area contributed by atoms with Gasteiger partial charge in [-0.05, 0) is 78.1 Å². The molecular formula is C28H32Cl2N6O2. The number of tetrazole rings is 1. The van der Waals surface area contributed by atoms with Crippen LogP contribution in [0.5, 0.6) is 0 Å². The molecule has 0 bridgehead atoms. The number of anilines is 1. The van der Waals surface area contributed by atoms with Crippen LogP contribution in [0.25, 0.3) is 6.08 Å². The highest BCUT2D eigenvalue weighted by Crippen LogP contribution is 2.39. The molecule has 1 aliphatic carbocycles. The van der Waals surface area contributed by atoms with Gasteiger partial charge in [0.25, 0.3) is 11.9 Å². The van der Waals surface area contributed by atoms with Crippen molar-refractivity contribution in [2.75, 3.05) is 5.32 Å². The van der Waals surface area contributed by atoms with E-state index in [0.717, 1.165) is 31.2 Å². The average molecular weight is 556 g/mol. The summed E-state index contributed by atoms with van der Waals surface area (Å²) in [5, 5.41) is 16.8. The maximum Gasteiger partial charge on any atom is 0.270 e. The molecule has 200 valence electrons. The van der Waals surface area contributed by atoms with Crippen LogP contribution in [0.3, 0.4) is 0 Å². The quantitative estimate of drug-likeness (QED) is 0.328. The van der Waals surface area contributed by atoms with Gasteiger partial charge in [-0.2, -0.15) is 5.21 Å². The Bertz CT molecular complexity index is 1260. The number of nitrogens with zero attached hydrogens (tertiary/aromatic N) is 4.